The minimum Gasteiger partial charge on any atom is -0.469 e. The van der Waals surface area contributed by atoms with Gasteiger partial charge in [-0.25, -0.2) is 0 Å². The van der Waals surface area contributed by atoms with Crippen LogP contribution in [-0.4, -0.2) is 19.4 Å². The molecule has 0 spiro atoms. The lowest BCUT2D eigenvalue weighted by Gasteiger charge is -2.13. The molecule has 2 atom stereocenters. The Morgan fingerprint density at radius 2 is 2.08 bits per heavy atom. The summed E-state index contributed by atoms with van der Waals surface area (Å²) in [5, 5.41) is 0. The Morgan fingerprint density at radius 3 is 2.54 bits per heavy atom. The van der Waals surface area contributed by atoms with Gasteiger partial charge < -0.3 is 9.53 Å². The summed E-state index contributed by atoms with van der Waals surface area (Å²) in [6.07, 6.45) is 3.11. The van der Waals surface area contributed by atoms with E-state index in [2.05, 4.69) is 4.74 Å². The molecule has 3 heteroatoms. The van der Waals surface area contributed by atoms with Crippen LogP contribution in [0.15, 0.2) is 0 Å². The van der Waals surface area contributed by atoms with Crippen molar-refractivity contribution < 1.29 is 14.3 Å². The van der Waals surface area contributed by atoms with Crippen LogP contribution < -0.4 is 0 Å². The number of carbonyl (C=O) groups excluding carboxylic acids is 2. The third-order valence-electron chi connectivity index (χ3n) is 2.38. The summed E-state index contributed by atoms with van der Waals surface area (Å²) in [5.41, 5.74) is 0. The number of ether oxygens (including phenoxy) is 1. The lowest BCUT2D eigenvalue weighted by atomic mass is 9.92. The molecule has 0 aromatic rings. The number of carbonyl (C=O) groups is 2. The average molecular weight is 186 g/mol. The minimum absolute atomic E-state index is 0.0812. The summed E-state index contributed by atoms with van der Waals surface area (Å²) in [6, 6.07) is 0. The number of hydrogen-bond acceptors (Lipinski definition) is 3. The quantitative estimate of drug-likeness (QED) is 0.469. The molecular formula is C10H18O3. The summed E-state index contributed by atoms with van der Waals surface area (Å²) in [4.78, 5) is 21.1. The molecule has 0 aromatic carbocycles. The first-order valence-electron chi connectivity index (χ1n) is 4.64. The van der Waals surface area contributed by atoms with Crippen LogP contribution in [0.5, 0.6) is 0 Å². The van der Waals surface area contributed by atoms with Crippen molar-refractivity contribution in [2.75, 3.05) is 7.11 Å². The fraction of sp³-hybridized carbons (Fsp3) is 0.800. The summed E-state index contributed by atoms with van der Waals surface area (Å²) >= 11 is 0. The maximum Gasteiger partial charge on any atom is 0.305 e. The van der Waals surface area contributed by atoms with Gasteiger partial charge in [-0.15, -0.1) is 0 Å². The normalized spacial score (nSPS) is 14.7. The lowest BCUT2D eigenvalue weighted by molar-refractivity contribution is -0.140. The fourth-order valence-corrected chi connectivity index (χ4v) is 1.07. The zero-order valence-corrected chi connectivity index (χ0v) is 8.58. The summed E-state index contributed by atoms with van der Waals surface area (Å²) in [6.45, 7) is 3.92. The predicted octanol–water partition coefficient (Wildman–Crippen LogP) is 1.80. The van der Waals surface area contributed by atoms with Gasteiger partial charge in [0.2, 0.25) is 0 Å². The molecule has 13 heavy (non-hydrogen) atoms. The zero-order chi connectivity index (χ0) is 10.3. The van der Waals surface area contributed by atoms with E-state index in [0.717, 1.165) is 19.1 Å². The highest BCUT2D eigenvalue weighted by atomic mass is 16.5. The van der Waals surface area contributed by atoms with Gasteiger partial charge in [0.15, 0.2) is 0 Å². The number of aldehydes is 1. The van der Waals surface area contributed by atoms with Gasteiger partial charge in [-0.05, 0) is 18.8 Å². The molecule has 0 saturated heterocycles. The highest BCUT2D eigenvalue weighted by Crippen LogP contribution is 2.15. The van der Waals surface area contributed by atoms with Crippen LogP contribution in [0.4, 0.5) is 0 Å². The molecule has 0 radical (unpaired) electrons. The standard InChI is InChI=1S/C10H18O3/c1-8(9(2)7-11)5-4-6-10(12)13-3/h7-9H,4-6H2,1-3H3/t8-,9+/m0/s1. The molecule has 0 saturated carbocycles. The first kappa shape index (κ1) is 12.1. The van der Waals surface area contributed by atoms with Crippen molar-refractivity contribution in [3.63, 3.8) is 0 Å². The summed E-state index contributed by atoms with van der Waals surface area (Å²) in [7, 11) is 1.39. The molecule has 0 aliphatic carbocycles. The summed E-state index contributed by atoms with van der Waals surface area (Å²) < 4.78 is 4.51. The van der Waals surface area contributed by atoms with Crippen LogP contribution in [0, 0.1) is 11.8 Å². The van der Waals surface area contributed by atoms with Crippen molar-refractivity contribution in [1.29, 1.82) is 0 Å². The molecule has 0 aromatic heterocycles. The minimum atomic E-state index is -0.175. The average Bonchev–Trinajstić information content (AvgIpc) is 2.15. The Morgan fingerprint density at radius 1 is 1.46 bits per heavy atom. The van der Waals surface area contributed by atoms with Gasteiger partial charge in [0.25, 0.3) is 0 Å². The Balaban J connectivity index is 3.52. The highest BCUT2D eigenvalue weighted by Gasteiger charge is 2.11. The SMILES string of the molecule is COC(=O)CCC[C@H](C)[C@H](C)C=O. The topological polar surface area (TPSA) is 43.4 Å². The van der Waals surface area contributed by atoms with Crippen molar-refractivity contribution in [2.45, 2.75) is 33.1 Å². The van der Waals surface area contributed by atoms with E-state index < -0.39 is 0 Å². The third-order valence-corrected chi connectivity index (χ3v) is 2.38. The van der Waals surface area contributed by atoms with E-state index in [4.69, 9.17) is 0 Å². The molecule has 0 bridgehead atoms. The van der Waals surface area contributed by atoms with E-state index in [1.807, 2.05) is 13.8 Å². The maximum atomic E-state index is 10.7. The van der Waals surface area contributed by atoms with Crippen LogP contribution >= 0.6 is 0 Å². The first-order valence-corrected chi connectivity index (χ1v) is 4.64. The molecule has 0 aliphatic heterocycles. The third kappa shape index (κ3) is 5.39. The van der Waals surface area contributed by atoms with Gasteiger partial charge in [0.1, 0.15) is 6.29 Å². The van der Waals surface area contributed by atoms with E-state index in [1.165, 1.54) is 7.11 Å². The molecule has 0 N–H and O–H groups in total. The first-order chi connectivity index (χ1) is 6.11. The van der Waals surface area contributed by atoms with Crippen molar-refractivity contribution in [3.8, 4) is 0 Å². The van der Waals surface area contributed by atoms with E-state index in [0.29, 0.717) is 12.3 Å². The molecule has 76 valence electrons. The van der Waals surface area contributed by atoms with Crippen molar-refractivity contribution >= 4 is 12.3 Å². The van der Waals surface area contributed by atoms with Crippen LogP contribution in [0.25, 0.3) is 0 Å². The van der Waals surface area contributed by atoms with E-state index >= 15 is 0 Å². The Hall–Kier alpha value is -0.860. The van der Waals surface area contributed by atoms with Crippen molar-refractivity contribution in [2.24, 2.45) is 11.8 Å². The molecule has 0 heterocycles. The van der Waals surface area contributed by atoms with Crippen LogP contribution in [0.2, 0.25) is 0 Å². The Labute approximate surface area is 79.5 Å². The van der Waals surface area contributed by atoms with Gasteiger partial charge in [0.05, 0.1) is 7.11 Å². The lowest BCUT2D eigenvalue weighted by Crippen LogP contribution is -2.10. The van der Waals surface area contributed by atoms with Gasteiger partial charge >= 0.3 is 5.97 Å². The van der Waals surface area contributed by atoms with E-state index in [1.54, 1.807) is 0 Å². The second kappa shape index (κ2) is 6.63. The molecule has 0 rings (SSSR count). The van der Waals surface area contributed by atoms with Gasteiger partial charge in [-0.2, -0.15) is 0 Å². The van der Waals surface area contributed by atoms with Crippen molar-refractivity contribution in [1.82, 2.24) is 0 Å². The monoisotopic (exact) mass is 186 g/mol. The zero-order valence-electron chi connectivity index (χ0n) is 8.58. The van der Waals surface area contributed by atoms with E-state index in [9.17, 15) is 9.59 Å². The van der Waals surface area contributed by atoms with Crippen LogP contribution in [-0.2, 0) is 14.3 Å². The molecule has 3 nitrogen and oxygen atoms in total. The molecular weight excluding hydrogens is 168 g/mol. The fourth-order valence-electron chi connectivity index (χ4n) is 1.07. The number of hydrogen-bond donors (Lipinski definition) is 0. The molecule has 0 unspecified atom stereocenters. The Bertz CT molecular complexity index is 166. The number of rotatable bonds is 6. The largest absolute Gasteiger partial charge is 0.469 e. The maximum absolute atomic E-state index is 10.7. The molecule has 0 fully saturated rings. The van der Waals surface area contributed by atoms with Gasteiger partial charge in [-0.3, -0.25) is 4.79 Å². The highest BCUT2D eigenvalue weighted by molar-refractivity contribution is 5.69. The number of methoxy groups -OCH3 is 1. The second-order valence-corrected chi connectivity index (χ2v) is 3.44. The van der Waals surface area contributed by atoms with Crippen LogP contribution in [0.1, 0.15) is 33.1 Å². The van der Waals surface area contributed by atoms with Gasteiger partial charge in [0, 0.05) is 12.3 Å². The Kier molecular flexibility index (Phi) is 6.20. The second-order valence-electron chi connectivity index (χ2n) is 3.44. The van der Waals surface area contributed by atoms with Crippen molar-refractivity contribution in [3.05, 3.63) is 0 Å². The van der Waals surface area contributed by atoms with Gasteiger partial charge in [-0.1, -0.05) is 13.8 Å². The number of esters is 1. The molecule has 0 amide bonds. The summed E-state index contributed by atoms with van der Waals surface area (Å²) in [5.74, 6) is 0.255. The smallest absolute Gasteiger partial charge is 0.305 e. The molecule has 0 aliphatic rings. The van der Waals surface area contributed by atoms with Crippen LogP contribution in [0.3, 0.4) is 0 Å². The predicted molar refractivity (Wildman–Crippen MR) is 50.3 cm³/mol. The van der Waals surface area contributed by atoms with E-state index in [-0.39, 0.29) is 11.9 Å².